The van der Waals surface area contributed by atoms with Crippen molar-refractivity contribution in [1.29, 1.82) is 0 Å². The molecule has 1 aliphatic rings. The van der Waals surface area contributed by atoms with E-state index < -0.39 is 0 Å². The average molecular weight is 276 g/mol. The Bertz CT molecular complexity index is 460. The average Bonchev–Trinajstić information content (AvgIpc) is 2.47. The zero-order valence-corrected chi connectivity index (χ0v) is 12.6. The molecule has 20 heavy (non-hydrogen) atoms. The number of amides is 1. The Labute approximate surface area is 121 Å². The molecular formula is C16H24N2O2. The van der Waals surface area contributed by atoms with Gasteiger partial charge in [0.1, 0.15) is 5.75 Å². The van der Waals surface area contributed by atoms with E-state index in [1.807, 2.05) is 26.2 Å². The minimum Gasteiger partial charge on any atom is -0.497 e. The number of ether oxygens (including phenoxy) is 1. The fourth-order valence-corrected chi connectivity index (χ4v) is 2.81. The summed E-state index contributed by atoms with van der Waals surface area (Å²) in [6.45, 7) is 0.916. The summed E-state index contributed by atoms with van der Waals surface area (Å²) in [5.41, 5.74) is 1.28. The SMILES string of the molecule is COc1cccc(CC2CCNC(C(=O)N(C)C)C2)c1. The largest absolute Gasteiger partial charge is 0.497 e. The van der Waals surface area contributed by atoms with E-state index in [4.69, 9.17) is 4.74 Å². The molecule has 0 aliphatic carbocycles. The van der Waals surface area contributed by atoms with E-state index in [0.29, 0.717) is 5.92 Å². The number of benzene rings is 1. The summed E-state index contributed by atoms with van der Waals surface area (Å²) in [5.74, 6) is 1.63. The quantitative estimate of drug-likeness (QED) is 0.910. The van der Waals surface area contributed by atoms with Gasteiger partial charge in [0.25, 0.3) is 0 Å². The lowest BCUT2D eigenvalue weighted by Crippen LogP contribution is -2.48. The third-order valence-corrected chi connectivity index (χ3v) is 3.91. The molecule has 2 rings (SSSR count). The highest BCUT2D eigenvalue weighted by Gasteiger charge is 2.27. The maximum atomic E-state index is 12.0. The molecule has 0 saturated carbocycles. The van der Waals surface area contributed by atoms with Gasteiger partial charge in [0.15, 0.2) is 0 Å². The summed E-state index contributed by atoms with van der Waals surface area (Å²) in [7, 11) is 5.32. The molecule has 0 spiro atoms. The second-order valence-corrected chi connectivity index (χ2v) is 5.69. The predicted molar refractivity (Wildman–Crippen MR) is 79.9 cm³/mol. The minimum absolute atomic E-state index is 0.0330. The molecule has 0 radical (unpaired) electrons. The number of nitrogens with zero attached hydrogens (tertiary/aromatic N) is 1. The van der Waals surface area contributed by atoms with Gasteiger partial charge in [-0.25, -0.2) is 0 Å². The van der Waals surface area contributed by atoms with Gasteiger partial charge in [0, 0.05) is 14.1 Å². The van der Waals surface area contributed by atoms with Crippen LogP contribution in [0, 0.1) is 5.92 Å². The van der Waals surface area contributed by atoms with E-state index in [1.165, 1.54) is 5.56 Å². The monoisotopic (exact) mass is 276 g/mol. The second-order valence-electron chi connectivity index (χ2n) is 5.69. The first kappa shape index (κ1) is 14.9. The summed E-state index contributed by atoms with van der Waals surface area (Å²) < 4.78 is 5.26. The highest BCUT2D eigenvalue weighted by Crippen LogP contribution is 2.23. The lowest BCUT2D eigenvalue weighted by Gasteiger charge is -2.31. The molecule has 0 aromatic heterocycles. The third kappa shape index (κ3) is 3.73. The predicted octanol–water partition coefficient (Wildman–Crippen LogP) is 1.69. The first-order chi connectivity index (χ1) is 9.60. The number of methoxy groups -OCH3 is 1. The molecule has 2 unspecified atom stereocenters. The summed E-state index contributed by atoms with van der Waals surface area (Å²) >= 11 is 0. The van der Waals surface area contributed by atoms with Crippen LogP contribution in [0.25, 0.3) is 0 Å². The van der Waals surface area contributed by atoms with Crippen molar-refractivity contribution in [3.05, 3.63) is 29.8 Å². The van der Waals surface area contributed by atoms with Gasteiger partial charge in [0.2, 0.25) is 5.91 Å². The van der Waals surface area contributed by atoms with E-state index in [9.17, 15) is 4.79 Å². The Kier molecular flexibility index (Phi) is 5.01. The molecule has 4 nitrogen and oxygen atoms in total. The molecule has 2 atom stereocenters. The molecule has 1 N–H and O–H groups in total. The third-order valence-electron chi connectivity index (χ3n) is 3.91. The summed E-state index contributed by atoms with van der Waals surface area (Å²) in [6, 6.07) is 8.18. The Morgan fingerprint density at radius 3 is 2.95 bits per heavy atom. The lowest BCUT2D eigenvalue weighted by atomic mass is 9.86. The van der Waals surface area contributed by atoms with E-state index in [2.05, 4.69) is 17.4 Å². The topological polar surface area (TPSA) is 41.6 Å². The van der Waals surface area contributed by atoms with Gasteiger partial charge in [-0.05, 0) is 49.4 Å². The van der Waals surface area contributed by atoms with Crippen LogP contribution >= 0.6 is 0 Å². The van der Waals surface area contributed by atoms with Crippen LogP contribution in [-0.4, -0.2) is 44.6 Å². The van der Waals surface area contributed by atoms with Crippen molar-refractivity contribution in [3.8, 4) is 5.75 Å². The summed E-state index contributed by atoms with van der Waals surface area (Å²) in [5, 5.41) is 3.32. The fourth-order valence-electron chi connectivity index (χ4n) is 2.81. The number of carbonyl (C=O) groups is 1. The second kappa shape index (κ2) is 6.75. The molecule has 1 aromatic rings. The first-order valence-corrected chi connectivity index (χ1v) is 7.17. The summed E-state index contributed by atoms with van der Waals surface area (Å²) in [6.07, 6.45) is 3.04. The fraction of sp³-hybridized carbons (Fsp3) is 0.562. The van der Waals surface area contributed by atoms with Crippen molar-refractivity contribution in [2.24, 2.45) is 5.92 Å². The van der Waals surface area contributed by atoms with Gasteiger partial charge in [-0.3, -0.25) is 4.79 Å². The molecule has 1 saturated heterocycles. The van der Waals surface area contributed by atoms with Crippen molar-refractivity contribution in [2.45, 2.75) is 25.3 Å². The molecule has 4 heteroatoms. The molecule has 1 aromatic carbocycles. The van der Waals surface area contributed by atoms with E-state index in [-0.39, 0.29) is 11.9 Å². The van der Waals surface area contributed by atoms with Crippen LogP contribution in [0.4, 0.5) is 0 Å². The zero-order chi connectivity index (χ0) is 14.5. The van der Waals surface area contributed by atoms with E-state index >= 15 is 0 Å². The molecular weight excluding hydrogens is 252 g/mol. The number of hydrogen-bond donors (Lipinski definition) is 1. The normalized spacial score (nSPS) is 22.4. The Hall–Kier alpha value is -1.55. The number of piperidine rings is 1. The van der Waals surface area contributed by atoms with Crippen molar-refractivity contribution in [2.75, 3.05) is 27.7 Å². The summed E-state index contributed by atoms with van der Waals surface area (Å²) in [4.78, 5) is 13.7. The van der Waals surface area contributed by atoms with Gasteiger partial charge < -0.3 is 15.0 Å². The van der Waals surface area contributed by atoms with Crippen molar-refractivity contribution in [3.63, 3.8) is 0 Å². The number of likely N-dealkylation sites (N-methyl/N-ethyl adjacent to an activating group) is 1. The van der Waals surface area contributed by atoms with Gasteiger partial charge in [0.05, 0.1) is 13.2 Å². The first-order valence-electron chi connectivity index (χ1n) is 7.17. The van der Waals surface area contributed by atoms with Crippen LogP contribution in [0.5, 0.6) is 5.75 Å². The van der Waals surface area contributed by atoms with Crippen LogP contribution < -0.4 is 10.1 Å². The van der Waals surface area contributed by atoms with Crippen LogP contribution in [0.2, 0.25) is 0 Å². The molecule has 110 valence electrons. The van der Waals surface area contributed by atoms with Crippen LogP contribution in [0.3, 0.4) is 0 Å². The van der Waals surface area contributed by atoms with Crippen LogP contribution in [0.1, 0.15) is 18.4 Å². The molecule has 1 amide bonds. The molecule has 0 bridgehead atoms. The number of hydrogen-bond acceptors (Lipinski definition) is 3. The highest BCUT2D eigenvalue weighted by atomic mass is 16.5. The van der Waals surface area contributed by atoms with Crippen molar-refractivity contribution < 1.29 is 9.53 Å². The Morgan fingerprint density at radius 2 is 2.25 bits per heavy atom. The minimum atomic E-state index is -0.0330. The highest BCUT2D eigenvalue weighted by molar-refractivity contribution is 5.81. The molecule has 1 fully saturated rings. The van der Waals surface area contributed by atoms with Crippen LogP contribution in [0.15, 0.2) is 24.3 Å². The Balaban J connectivity index is 1.97. The van der Waals surface area contributed by atoms with Gasteiger partial charge >= 0.3 is 0 Å². The lowest BCUT2D eigenvalue weighted by molar-refractivity contribution is -0.131. The zero-order valence-electron chi connectivity index (χ0n) is 12.6. The Morgan fingerprint density at radius 1 is 1.45 bits per heavy atom. The number of rotatable bonds is 4. The molecule has 1 aliphatic heterocycles. The van der Waals surface area contributed by atoms with E-state index in [1.54, 1.807) is 12.0 Å². The van der Waals surface area contributed by atoms with E-state index in [0.717, 1.165) is 31.6 Å². The van der Waals surface area contributed by atoms with Gasteiger partial charge in [-0.1, -0.05) is 12.1 Å². The van der Waals surface area contributed by atoms with Gasteiger partial charge in [-0.2, -0.15) is 0 Å². The van der Waals surface area contributed by atoms with Crippen molar-refractivity contribution >= 4 is 5.91 Å². The number of carbonyl (C=O) groups excluding carboxylic acids is 1. The number of nitrogens with one attached hydrogen (secondary N) is 1. The van der Waals surface area contributed by atoms with Crippen LogP contribution in [-0.2, 0) is 11.2 Å². The molecule has 1 heterocycles. The smallest absolute Gasteiger partial charge is 0.239 e. The maximum Gasteiger partial charge on any atom is 0.239 e. The van der Waals surface area contributed by atoms with Crippen molar-refractivity contribution in [1.82, 2.24) is 10.2 Å². The standard InChI is InChI=1S/C16H24N2O2/c1-18(2)16(19)15-11-13(7-8-17-15)9-12-5-4-6-14(10-12)20-3/h4-6,10,13,15,17H,7-9,11H2,1-3H3. The maximum absolute atomic E-state index is 12.0. The van der Waals surface area contributed by atoms with Gasteiger partial charge in [-0.15, -0.1) is 0 Å².